The quantitative estimate of drug-likeness (QED) is 0.694. The van der Waals surface area contributed by atoms with E-state index >= 15 is 0 Å². The molecule has 1 aromatic carbocycles. The van der Waals surface area contributed by atoms with Crippen LogP contribution in [0.3, 0.4) is 0 Å². The molecule has 4 nitrogen and oxygen atoms in total. The van der Waals surface area contributed by atoms with Crippen LogP contribution in [0.25, 0.3) is 5.65 Å². The first-order chi connectivity index (χ1) is 11.3. The number of hydrogen-bond acceptors (Lipinski definition) is 3. The van der Waals surface area contributed by atoms with Gasteiger partial charge < -0.3 is 4.90 Å². The largest absolute Gasteiger partial charge is 0.355 e. The van der Waals surface area contributed by atoms with Crippen molar-refractivity contribution in [2.24, 2.45) is 0 Å². The molecule has 0 unspecified atom stereocenters. The molecule has 1 saturated heterocycles. The standard InChI is InChI=1S/C19H19N3O/c23-18(15-9-3-1-4-10-15)17-19(21-12-6-2-7-13-21)20-16-11-5-8-14-22(16)17/h1,3-5,8-11,14H,2,6-7,12-13H2. The Morgan fingerprint density at radius 3 is 2.43 bits per heavy atom. The summed E-state index contributed by atoms with van der Waals surface area (Å²) in [5, 5.41) is 0. The van der Waals surface area contributed by atoms with Crippen LogP contribution >= 0.6 is 0 Å². The predicted octanol–water partition coefficient (Wildman–Crippen LogP) is 3.56. The van der Waals surface area contributed by atoms with Crippen molar-refractivity contribution in [2.45, 2.75) is 19.3 Å². The monoisotopic (exact) mass is 305 g/mol. The minimum Gasteiger partial charge on any atom is -0.355 e. The van der Waals surface area contributed by atoms with Gasteiger partial charge in [-0.1, -0.05) is 36.4 Å². The lowest BCUT2D eigenvalue weighted by Crippen LogP contribution is -2.31. The van der Waals surface area contributed by atoms with Crippen LogP contribution in [-0.2, 0) is 0 Å². The van der Waals surface area contributed by atoms with Crippen molar-refractivity contribution in [3.63, 3.8) is 0 Å². The molecule has 116 valence electrons. The zero-order valence-electron chi connectivity index (χ0n) is 13.0. The molecule has 0 spiro atoms. The third-order valence-electron chi connectivity index (χ3n) is 4.42. The second-order valence-corrected chi connectivity index (χ2v) is 5.96. The highest BCUT2D eigenvalue weighted by Crippen LogP contribution is 2.27. The number of ketones is 1. The van der Waals surface area contributed by atoms with E-state index in [-0.39, 0.29) is 5.78 Å². The number of anilines is 1. The second-order valence-electron chi connectivity index (χ2n) is 5.96. The Morgan fingerprint density at radius 2 is 1.65 bits per heavy atom. The van der Waals surface area contributed by atoms with E-state index < -0.39 is 0 Å². The Bertz CT molecular complexity index is 832. The number of rotatable bonds is 3. The van der Waals surface area contributed by atoms with E-state index in [1.165, 1.54) is 6.42 Å². The van der Waals surface area contributed by atoms with Gasteiger partial charge in [-0.05, 0) is 31.4 Å². The molecule has 2 aromatic heterocycles. The molecule has 0 saturated carbocycles. The number of benzene rings is 1. The molecule has 0 radical (unpaired) electrons. The molecule has 3 heterocycles. The van der Waals surface area contributed by atoms with E-state index in [1.54, 1.807) is 0 Å². The first-order valence-electron chi connectivity index (χ1n) is 8.16. The molecule has 0 bridgehead atoms. The van der Waals surface area contributed by atoms with E-state index in [2.05, 4.69) is 4.90 Å². The Morgan fingerprint density at radius 1 is 0.913 bits per heavy atom. The van der Waals surface area contributed by atoms with Crippen LogP contribution in [0.1, 0.15) is 35.3 Å². The number of piperidine rings is 1. The van der Waals surface area contributed by atoms with Gasteiger partial charge in [0.15, 0.2) is 5.82 Å². The van der Waals surface area contributed by atoms with Gasteiger partial charge >= 0.3 is 0 Å². The highest BCUT2D eigenvalue weighted by Gasteiger charge is 2.25. The normalized spacial score (nSPS) is 15.0. The number of pyridine rings is 1. The van der Waals surface area contributed by atoms with Gasteiger partial charge in [0.2, 0.25) is 5.78 Å². The maximum Gasteiger partial charge on any atom is 0.213 e. The smallest absolute Gasteiger partial charge is 0.213 e. The van der Waals surface area contributed by atoms with Crippen LogP contribution < -0.4 is 4.90 Å². The van der Waals surface area contributed by atoms with E-state index in [4.69, 9.17) is 4.98 Å². The van der Waals surface area contributed by atoms with Crippen LogP contribution in [-0.4, -0.2) is 28.3 Å². The number of fused-ring (bicyclic) bond motifs is 1. The van der Waals surface area contributed by atoms with E-state index in [0.29, 0.717) is 11.3 Å². The summed E-state index contributed by atoms with van der Waals surface area (Å²) in [6, 6.07) is 15.3. The van der Waals surface area contributed by atoms with Gasteiger partial charge in [-0.15, -0.1) is 0 Å². The lowest BCUT2D eigenvalue weighted by Gasteiger charge is -2.27. The third-order valence-corrected chi connectivity index (χ3v) is 4.42. The summed E-state index contributed by atoms with van der Waals surface area (Å²) < 4.78 is 1.92. The molecule has 3 aromatic rings. The van der Waals surface area contributed by atoms with Gasteiger partial charge in [-0.25, -0.2) is 4.98 Å². The highest BCUT2D eigenvalue weighted by atomic mass is 16.1. The van der Waals surface area contributed by atoms with Crippen molar-refractivity contribution >= 4 is 17.2 Å². The average molecular weight is 305 g/mol. The SMILES string of the molecule is O=C(c1ccccc1)c1c(N2CCCCC2)nc2ccccn12. The fourth-order valence-electron chi connectivity index (χ4n) is 3.25. The minimum atomic E-state index is 0.0323. The maximum atomic E-state index is 13.1. The van der Waals surface area contributed by atoms with Gasteiger partial charge in [-0.3, -0.25) is 9.20 Å². The summed E-state index contributed by atoms with van der Waals surface area (Å²) in [5.41, 5.74) is 2.21. The van der Waals surface area contributed by atoms with Crippen LogP contribution in [0, 0.1) is 0 Å². The Kier molecular flexibility index (Phi) is 3.58. The first-order valence-corrected chi connectivity index (χ1v) is 8.16. The summed E-state index contributed by atoms with van der Waals surface area (Å²) in [7, 11) is 0. The van der Waals surface area contributed by atoms with Crippen LogP contribution in [0.5, 0.6) is 0 Å². The van der Waals surface area contributed by atoms with Crippen LogP contribution in [0.15, 0.2) is 54.7 Å². The van der Waals surface area contributed by atoms with Crippen molar-refractivity contribution in [1.29, 1.82) is 0 Å². The molecule has 1 aliphatic heterocycles. The van der Waals surface area contributed by atoms with E-state index in [9.17, 15) is 4.79 Å². The van der Waals surface area contributed by atoms with Crippen LogP contribution in [0.4, 0.5) is 5.82 Å². The zero-order chi connectivity index (χ0) is 15.6. The van der Waals surface area contributed by atoms with E-state index in [0.717, 1.165) is 37.4 Å². The molecule has 4 heteroatoms. The summed E-state index contributed by atoms with van der Waals surface area (Å²) >= 11 is 0. The summed E-state index contributed by atoms with van der Waals surface area (Å²) in [4.78, 5) is 20.1. The molecule has 23 heavy (non-hydrogen) atoms. The van der Waals surface area contributed by atoms with Gasteiger partial charge in [0.05, 0.1) is 0 Å². The van der Waals surface area contributed by atoms with E-state index in [1.807, 2.05) is 59.1 Å². The molecule has 0 N–H and O–H groups in total. The summed E-state index contributed by atoms with van der Waals surface area (Å²) in [5.74, 6) is 0.856. The highest BCUT2D eigenvalue weighted by molar-refractivity contribution is 6.11. The number of aromatic nitrogens is 2. The Labute approximate surface area is 135 Å². The zero-order valence-corrected chi connectivity index (χ0v) is 13.0. The molecule has 0 amide bonds. The number of carbonyl (C=O) groups excluding carboxylic acids is 1. The molecular weight excluding hydrogens is 286 g/mol. The average Bonchev–Trinajstić information content (AvgIpc) is 3.02. The number of imidazole rings is 1. The topological polar surface area (TPSA) is 37.6 Å². The Hall–Kier alpha value is -2.62. The fraction of sp³-hybridized carbons (Fsp3) is 0.263. The maximum absolute atomic E-state index is 13.1. The van der Waals surface area contributed by atoms with Gasteiger partial charge in [0.25, 0.3) is 0 Å². The van der Waals surface area contributed by atoms with Crippen molar-refractivity contribution in [3.8, 4) is 0 Å². The molecule has 0 aliphatic carbocycles. The van der Waals surface area contributed by atoms with Crippen LogP contribution in [0.2, 0.25) is 0 Å². The number of carbonyl (C=O) groups is 1. The fourth-order valence-corrected chi connectivity index (χ4v) is 3.25. The minimum absolute atomic E-state index is 0.0323. The summed E-state index contributed by atoms with van der Waals surface area (Å²) in [6.07, 6.45) is 5.50. The number of hydrogen-bond donors (Lipinski definition) is 0. The summed E-state index contributed by atoms with van der Waals surface area (Å²) in [6.45, 7) is 1.94. The van der Waals surface area contributed by atoms with Gasteiger partial charge in [0, 0.05) is 24.8 Å². The van der Waals surface area contributed by atoms with Crippen molar-refractivity contribution in [1.82, 2.24) is 9.38 Å². The molecule has 0 atom stereocenters. The molecule has 4 rings (SSSR count). The third kappa shape index (κ3) is 2.50. The molecule has 1 fully saturated rings. The number of nitrogens with zero attached hydrogens (tertiary/aromatic N) is 3. The van der Waals surface area contributed by atoms with Gasteiger partial charge in [0.1, 0.15) is 11.3 Å². The molecule has 1 aliphatic rings. The van der Waals surface area contributed by atoms with Gasteiger partial charge in [-0.2, -0.15) is 0 Å². The Balaban J connectivity index is 1.87. The lowest BCUT2D eigenvalue weighted by atomic mass is 10.1. The first kappa shape index (κ1) is 14.0. The van der Waals surface area contributed by atoms with Crippen molar-refractivity contribution in [2.75, 3.05) is 18.0 Å². The second kappa shape index (κ2) is 5.88. The molecular formula is C19H19N3O. The van der Waals surface area contributed by atoms with Crippen molar-refractivity contribution in [3.05, 3.63) is 66.0 Å². The lowest BCUT2D eigenvalue weighted by molar-refractivity contribution is 0.103. The predicted molar refractivity (Wildman–Crippen MR) is 91.1 cm³/mol. The van der Waals surface area contributed by atoms with Crippen molar-refractivity contribution < 1.29 is 4.79 Å².